The van der Waals surface area contributed by atoms with Gasteiger partial charge in [-0.15, -0.1) is 0 Å². The lowest BCUT2D eigenvalue weighted by Crippen LogP contribution is -2.19. The predicted molar refractivity (Wildman–Crippen MR) is 252 cm³/mol. The highest BCUT2D eigenvalue weighted by Gasteiger charge is 2.37. The van der Waals surface area contributed by atoms with Crippen LogP contribution in [0.3, 0.4) is 0 Å². The molecule has 0 bridgehead atoms. The lowest BCUT2D eigenvalue weighted by Gasteiger charge is -2.32. The summed E-state index contributed by atoms with van der Waals surface area (Å²) in [6, 6.07) is 0. The summed E-state index contributed by atoms with van der Waals surface area (Å²) in [5.74, 6) is 0. The first kappa shape index (κ1) is 34.2. The largest absolute Gasteiger partial charge is 0.289 e. The minimum Gasteiger partial charge on any atom is -0.289 e. The van der Waals surface area contributed by atoms with E-state index in [-0.39, 0.29) is 32.6 Å². The van der Waals surface area contributed by atoms with Crippen LogP contribution in [0.15, 0.2) is 28.8 Å². The predicted octanol–water partition coefficient (Wildman–Crippen LogP) is 10.3. The molecule has 0 aliphatic rings. The highest BCUT2D eigenvalue weighted by Crippen LogP contribution is 2.62. The molecule has 0 fully saturated rings. The minimum atomic E-state index is -0.144. The van der Waals surface area contributed by atoms with E-state index in [1.807, 2.05) is 83.1 Å². The number of hydrogen-bond donors (Lipinski definition) is 0. The first-order chi connectivity index (χ1) is 28.4. The zero-order valence-electron chi connectivity index (χ0n) is 35.4. The third-order valence-electron chi connectivity index (χ3n) is 16.1. The van der Waals surface area contributed by atoms with Crippen molar-refractivity contribution in [1.29, 1.82) is 0 Å². The number of rotatable bonds is 0. The van der Waals surface area contributed by atoms with E-state index in [4.69, 9.17) is 0 Å². The molecule has 0 amide bonds. The van der Waals surface area contributed by atoms with Crippen LogP contribution in [0.1, 0.15) is 66.8 Å². The Morgan fingerprint density at radius 1 is 0.133 bits per heavy atom. The van der Waals surface area contributed by atoms with E-state index in [9.17, 15) is 28.8 Å². The lowest BCUT2D eigenvalue weighted by atomic mass is 9.69. The van der Waals surface area contributed by atoms with Crippen molar-refractivity contribution in [2.24, 2.45) is 0 Å². The van der Waals surface area contributed by atoms with Gasteiger partial charge in [0.05, 0.1) is 0 Å². The van der Waals surface area contributed by atoms with Crippen LogP contribution in [-0.4, -0.2) is 0 Å². The molecule has 13 aromatic rings. The average Bonchev–Trinajstić information content (AvgIpc) is 3.23. The van der Waals surface area contributed by atoms with E-state index < -0.39 is 0 Å². The second kappa shape index (κ2) is 9.69. The van der Waals surface area contributed by atoms with E-state index in [1.165, 1.54) is 0 Å². The highest BCUT2D eigenvalue weighted by atomic mass is 16.1. The Bertz CT molecular complexity index is 3670. The smallest absolute Gasteiger partial charge is 0.185 e. The van der Waals surface area contributed by atoms with Gasteiger partial charge in [-0.1, -0.05) is 0 Å². The van der Waals surface area contributed by atoms with Gasteiger partial charge in [-0.3, -0.25) is 28.8 Å². The fourth-order valence-electron chi connectivity index (χ4n) is 13.5. The molecule has 0 radical (unpaired) electrons. The zero-order chi connectivity index (χ0) is 42.2. The van der Waals surface area contributed by atoms with Gasteiger partial charge in [-0.05, 0) is 212 Å². The van der Waals surface area contributed by atoms with Crippen molar-refractivity contribution in [3.05, 3.63) is 128 Å². The first-order valence-corrected chi connectivity index (χ1v) is 20.7. The topological polar surface area (TPSA) is 102 Å². The van der Waals surface area contributed by atoms with E-state index in [1.54, 1.807) is 0 Å². The molecule has 0 N–H and O–H groups in total. The normalized spacial score (nSPS) is 13.4. The summed E-state index contributed by atoms with van der Waals surface area (Å²) in [7, 11) is 0. The molecule has 0 spiro atoms. The minimum absolute atomic E-state index is 0.144. The first-order valence-electron chi connectivity index (χ1n) is 20.7. The third kappa shape index (κ3) is 2.97. The molecule has 6 heteroatoms. The molecule has 13 aromatic carbocycles. The Morgan fingerprint density at radius 3 is 0.283 bits per heavy atom. The van der Waals surface area contributed by atoms with Crippen molar-refractivity contribution in [1.82, 2.24) is 0 Å². The summed E-state index contributed by atoms with van der Waals surface area (Å²) in [5.41, 5.74) is 5.61. The molecule has 0 saturated heterocycles. The van der Waals surface area contributed by atoms with Gasteiger partial charge in [-0.2, -0.15) is 0 Å². The van der Waals surface area contributed by atoms with Gasteiger partial charge < -0.3 is 0 Å². The van der Waals surface area contributed by atoms with Crippen molar-refractivity contribution in [2.45, 2.75) is 83.1 Å². The van der Waals surface area contributed by atoms with E-state index in [0.29, 0.717) is 131 Å². The van der Waals surface area contributed by atoms with Crippen molar-refractivity contribution >= 4 is 129 Å². The lowest BCUT2D eigenvalue weighted by molar-refractivity contribution is 1.34. The van der Waals surface area contributed by atoms with Crippen LogP contribution in [0, 0.1) is 83.1 Å². The van der Waals surface area contributed by atoms with Gasteiger partial charge in [0.25, 0.3) is 0 Å². The van der Waals surface area contributed by atoms with Gasteiger partial charge in [-0.25, -0.2) is 0 Å². The van der Waals surface area contributed by atoms with Crippen LogP contribution >= 0.6 is 0 Å². The molecule has 0 atom stereocenters. The molecule has 0 aliphatic heterocycles. The standard InChI is InChI=1S/C54H36O6/c1-13-25-26-15(3)50(56)17(5)29-30-18(6)52(58)21(9)33-35-23(11)54(60)24(12)36-34-22(10)53(59)20(8)32-31-19(7)51(57)16(4)28-27(14(2)49(13)55)37(25)43-44(38(26)29)46(40(30)33)48(42(35)36)47(41(32)34)45(43)39(28)31/h1-12H3. The molecular weight excluding hydrogens is 745 g/mol. The molecule has 0 aliphatic carbocycles. The SMILES string of the molecule is Cc1c(=O)c(C)c2c3c(C)c(=O)c(C)c4c5c(C)c(=O)c(C)c6c7c(C)c(=O)c(C)c8c9c(C)c(=O)c(C)c%10c%11c(C)c(=O)c(C)c%12c1c2c1c(c%12%11)c(c%109)c(c87)c(c56)c1c34. The van der Waals surface area contributed by atoms with E-state index in [2.05, 4.69) is 0 Å². The van der Waals surface area contributed by atoms with Crippen LogP contribution in [0.2, 0.25) is 0 Å². The Hall–Kier alpha value is -6.66. The van der Waals surface area contributed by atoms with Crippen LogP contribution in [0.4, 0.5) is 0 Å². The van der Waals surface area contributed by atoms with Crippen molar-refractivity contribution in [3.63, 3.8) is 0 Å². The Labute approximate surface area is 339 Å². The number of aryl methyl sites for hydroxylation is 12. The summed E-state index contributed by atoms with van der Waals surface area (Å²) in [6.45, 7) is 22.2. The summed E-state index contributed by atoms with van der Waals surface area (Å²) in [4.78, 5) is 88.7. The molecular formula is C54H36O6. The maximum atomic E-state index is 14.8. The van der Waals surface area contributed by atoms with Crippen molar-refractivity contribution in [3.8, 4) is 0 Å². The summed E-state index contributed by atoms with van der Waals surface area (Å²) < 4.78 is 0. The average molecular weight is 781 g/mol. The Kier molecular flexibility index (Phi) is 5.53. The molecule has 0 unspecified atom stereocenters. The second-order valence-electron chi connectivity index (χ2n) is 18.5. The van der Waals surface area contributed by atoms with Gasteiger partial charge >= 0.3 is 0 Å². The fourth-order valence-corrected chi connectivity index (χ4v) is 13.5. The number of benzene rings is 13. The summed E-state index contributed by atoms with van der Waals surface area (Å²) in [6.07, 6.45) is 0. The number of fused-ring (bicyclic) bond motifs is 6. The maximum Gasteiger partial charge on any atom is 0.185 e. The van der Waals surface area contributed by atoms with E-state index in [0.717, 1.165) is 64.6 Å². The van der Waals surface area contributed by atoms with Crippen LogP contribution < -0.4 is 32.6 Å². The molecule has 0 saturated carbocycles. The van der Waals surface area contributed by atoms with Crippen LogP contribution in [0.5, 0.6) is 0 Å². The second-order valence-corrected chi connectivity index (χ2v) is 18.5. The van der Waals surface area contributed by atoms with Gasteiger partial charge in [0.2, 0.25) is 0 Å². The molecule has 6 nitrogen and oxygen atoms in total. The zero-order valence-corrected chi connectivity index (χ0v) is 35.4. The molecule has 60 heavy (non-hydrogen) atoms. The molecule has 13 rings (SSSR count). The van der Waals surface area contributed by atoms with E-state index >= 15 is 0 Å². The van der Waals surface area contributed by atoms with Gasteiger partial charge in [0.15, 0.2) is 32.6 Å². The molecule has 0 heterocycles. The maximum absolute atomic E-state index is 14.8. The third-order valence-corrected chi connectivity index (χ3v) is 16.1. The molecule has 0 aromatic heterocycles. The Balaban J connectivity index is 1.69. The quantitative estimate of drug-likeness (QED) is 0.112. The van der Waals surface area contributed by atoms with Crippen LogP contribution in [-0.2, 0) is 0 Å². The van der Waals surface area contributed by atoms with Gasteiger partial charge in [0, 0.05) is 66.8 Å². The fraction of sp³-hybridized carbons (Fsp3) is 0.222. The highest BCUT2D eigenvalue weighted by molar-refractivity contribution is 6.62. The summed E-state index contributed by atoms with van der Waals surface area (Å²) >= 11 is 0. The Morgan fingerprint density at radius 2 is 0.200 bits per heavy atom. The number of hydrogen-bond acceptors (Lipinski definition) is 6. The van der Waals surface area contributed by atoms with Gasteiger partial charge in [0.1, 0.15) is 0 Å². The van der Waals surface area contributed by atoms with Crippen molar-refractivity contribution in [2.75, 3.05) is 0 Å². The molecule has 288 valence electrons. The monoisotopic (exact) mass is 780 g/mol. The van der Waals surface area contributed by atoms with Crippen LogP contribution in [0.25, 0.3) is 129 Å². The summed E-state index contributed by atoms with van der Waals surface area (Å²) in [5, 5.41) is 19.5. The van der Waals surface area contributed by atoms with Crippen molar-refractivity contribution < 1.29 is 0 Å².